The quantitative estimate of drug-likeness (QED) is 0.371. The lowest BCUT2D eigenvalue weighted by molar-refractivity contribution is -0.129. The number of ether oxygens (including phenoxy) is 2. The SMILES string of the molecule is C=CC1=CCC(c2ccc(OC)nc2)C=C1CN(Cc1cc(F)c(-c2ccc(OC)nc2)nc1C)C(C)=O. The molecule has 196 valence electrons. The van der Waals surface area contributed by atoms with Crippen molar-refractivity contribution < 1.29 is 18.7 Å². The van der Waals surface area contributed by atoms with Crippen molar-refractivity contribution in [1.82, 2.24) is 19.9 Å². The van der Waals surface area contributed by atoms with Crippen molar-refractivity contribution in [3.63, 3.8) is 0 Å². The summed E-state index contributed by atoms with van der Waals surface area (Å²) < 4.78 is 25.4. The molecule has 0 spiro atoms. The largest absolute Gasteiger partial charge is 0.481 e. The fourth-order valence-corrected chi connectivity index (χ4v) is 4.43. The highest BCUT2D eigenvalue weighted by atomic mass is 19.1. The molecule has 3 aromatic rings. The van der Waals surface area contributed by atoms with Gasteiger partial charge in [0.05, 0.1) is 14.2 Å². The van der Waals surface area contributed by atoms with Gasteiger partial charge in [-0.3, -0.25) is 4.79 Å². The molecule has 1 amide bonds. The van der Waals surface area contributed by atoms with Gasteiger partial charge in [-0.05, 0) is 47.8 Å². The molecule has 0 N–H and O–H groups in total. The molecule has 1 unspecified atom stereocenters. The maximum absolute atomic E-state index is 15.1. The third-order valence-corrected chi connectivity index (χ3v) is 6.64. The van der Waals surface area contributed by atoms with Gasteiger partial charge in [-0.15, -0.1) is 0 Å². The minimum Gasteiger partial charge on any atom is -0.481 e. The van der Waals surface area contributed by atoms with Gasteiger partial charge in [0, 0.05) is 61.7 Å². The van der Waals surface area contributed by atoms with E-state index in [0.29, 0.717) is 35.1 Å². The summed E-state index contributed by atoms with van der Waals surface area (Å²) in [4.78, 5) is 27.3. The monoisotopic (exact) mass is 514 g/mol. The average Bonchev–Trinajstić information content (AvgIpc) is 2.94. The van der Waals surface area contributed by atoms with Gasteiger partial charge in [0.15, 0.2) is 0 Å². The lowest BCUT2D eigenvalue weighted by Crippen LogP contribution is -2.31. The second kappa shape index (κ2) is 11.8. The fourth-order valence-electron chi connectivity index (χ4n) is 4.43. The van der Waals surface area contributed by atoms with E-state index in [-0.39, 0.29) is 24.1 Å². The molecule has 4 rings (SSSR count). The predicted octanol–water partition coefficient (Wildman–Crippen LogP) is 5.58. The third kappa shape index (κ3) is 5.96. The van der Waals surface area contributed by atoms with Gasteiger partial charge < -0.3 is 14.4 Å². The van der Waals surface area contributed by atoms with Crippen LogP contribution in [0.1, 0.15) is 36.1 Å². The summed E-state index contributed by atoms with van der Waals surface area (Å²) in [6.45, 7) is 7.87. The van der Waals surface area contributed by atoms with Crippen LogP contribution in [0.25, 0.3) is 11.3 Å². The van der Waals surface area contributed by atoms with Gasteiger partial charge in [0.1, 0.15) is 11.5 Å². The van der Waals surface area contributed by atoms with E-state index >= 15 is 4.39 Å². The number of rotatable bonds is 9. The maximum Gasteiger partial charge on any atom is 0.220 e. The maximum atomic E-state index is 15.1. The molecular weight excluding hydrogens is 483 g/mol. The van der Waals surface area contributed by atoms with Gasteiger partial charge in [-0.2, -0.15) is 0 Å². The van der Waals surface area contributed by atoms with Crippen molar-refractivity contribution in [1.29, 1.82) is 0 Å². The van der Waals surface area contributed by atoms with Crippen LogP contribution >= 0.6 is 0 Å². The van der Waals surface area contributed by atoms with E-state index in [0.717, 1.165) is 23.1 Å². The van der Waals surface area contributed by atoms with Crippen LogP contribution < -0.4 is 9.47 Å². The van der Waals surface area contributed by atoms with Crippen LogP contribution in [-0.2, 0) is 11.3 Å². The molecule has 0 aliphatic heterocycles. The van der Waals surface area contributed by atoms with Crippen LogP contribution in [0.15, 0.2) is 78.7 Å². The topological polar surface area (TPSA) is 77.4 Å². The van der Waals surface area contributed by atoms with E-state index in [1.165, 1.54) is 26.3 Å². The molecule has 1 aliphatic carbocycles. The normalized spacial score (nSPS) is 14.8. The van der Waals surface area contributed by atoms with Crippen molar-refractivity contribution in [3.8, 4) is 23.0 Å². The van der Waals surface area contributed by atoms with Crippen LogP contribution in [-0.4, -0.2) is 46.5 Å². The highest BCUT2D eigenvalue weighted by molar-refractivity contribution is 5.74. The summed E-state index contributed by atoms with van der Waals surface area (Å²) in [7, 11) is 3.11. The Morgan fingerprint density at radius 3 is 2.42 bits per heavy atom. The fraction of sp³-hybridized carbons (Fsp3) is 0.267. The Balaban J connectivity index is 1.57. The Bertz CT molecular complexity index is 1380. The smallest absolute Gasteiger partial charge is 0.220 e. The Labute approximate surface area is 222 Å². The summed E-state index contributed by atoms with van der Waals surface area (Å²) in [5.74, 6) is 0.515. The highest BCUT2D eigenvalue weighted by Gasteiger charge is 2.21. The van der Waals surface area contributed by atoms with Crippen molar-refractivity contribution in [2.75, 3.05) is 20.8 Å². The predicted molar refractivity (Wildman–Crippen MR) is 144 cm³/mol. The van der Waals surface area contributed by atoms with Crippen molar-refractivity contribution in [2.24, 2.45) is 0 Å². The Hall–Kier alpha value is -4.33. The van der Waals surface area contributed by atoms with Crippen LogP contribution in [0.4, 0.5) is 4.39 Å². The molecule has 38 heavy (non-hydrogen) atoms. The first-order valence-corrected chi connectivity index (χ1v) is 12.3. The Morgan fingerprint density at radius 2 is 1.84 bits per heavy atom. The van der Waals surface area contributed by atoms with Crippen LogP contribution in [0.5, 0.6) is 11.8 Å². The van der Waals surface area contributed by atoms with E-state index in [4.69, 9.17) is 9.47 Å². The number of aromatic nitrogens is 3. The summed E-state index contributed by atoms with van der Waals surface area (Å²) in [6, 6.07) is 8.66. The number of carbonyl (C=O) groups excluding carboxylic acids is 1. The molecule has 1 atom stereocenters. The number of methoxy groups -OCH3 is 2. The molecule has 8 heteroatoms. The average molecular weight is 515 g/mol. The zero-order valence-corrected chi connectivity index (χ0v) is 22.1. The number of halogens is 1. The van der Waals surface area contributed by atoms with Gasteiger partial charge >= 0.3 is 0 Å². The summed E-state index contributed by atoms with van der Waals surface area (Å²) in [5, 5.41) is 0. The molecule has 0 aromatic carbocycles. The number of pyridine rings is 3. The highest BCUT2D eigenvalue weighted by Crippen LogP contribution is 2.32. The molecule has 0 bridgehead atoms. The van der Waals surface area contributed by atoms with Gasteiger partial charge in [-0.25, -0.2) is 19.3 Å². The first kappa shape index (κ1) is 26.7. The summed E-state index contributed by atoms with van der Waals surface area (Å²) in [6.07, 6.45) is 10.2. The van der Waals surface area contributed by atoms with Gasteiger partial charge in [0.25, 0.3) is 0 Å². The van der Waals surface area contributed by atoms with Gasteiger partial charge in [-0.1, -0.05) is 30.9 Å². The first-order chi connectivity index (χ1) is 18.3. The molecule has 0 saturated heterocycles. The molecule has 3 aromatic heterocycles. The number of hydrogen-bond donors (Lipinski definition) is 0. The van der Waals surface area contributed by atoms with Gasteiger partial charge in [0.2, 0.25) is 17.7 Å². The second-order valence-electron chi connectivity index (χ2n) is 9.06. The van der Waals surface area contributed by atoms with Crippen molar-refractivity contribution in [2.45, 2.75) is 32.7 Å². The summed E-state index contributed by atoms with van der Waals surface area (Å²) in [5.41, 5.74) is 5.06. The lowest BCUT2D eigenvalue weighted by Gasteiger charge is -2.27. The second-order valence-corrected chi connectivity index (χ2v) is 9.06. The molecule has 0 saturated carbocycles. The molecule has 3 heterocycles. The van der Waals surface area contributed by atoms with E-state index < -0.39 is 5.82 Å². The lowest BCUT2D eigenvalue weighted by atomic mass is 9.86. The van der Waals surface area contributed by atoms with Crippen LogP contribution in [0, 0.1) is 12.7 Å². The molecular formula is C30H31FN4O3. The number of aryl methyl sites for hydroxylation is 1. The Kier molecular flexibility index (Phi) is 8.31. The van der Waals surface area contributed by atoms with E-state index in [1.807, 2.05) is 25.3 Å². The molecule has 1 aliphatic rings. The van der Waals surface area contributed by atoms with E-state index in [1.54, 1.807) is 30.2 Å². The third-order valence-electron chi connectivity index (χ3n) is 6.64. The van der Waals surface area contributed by atoms with Crippen molar-refractivity contribution >= 4 is 5.91 Å². The number of hydrogen-bond acceptors (Lipinski definition) is 6. The van der Waals surface area contributed by atoms with E-state index in [9.17, 15) is 4.79 Å². The number of allylic oxidation sites excluding steroid dienone is 3. The Morgan fingerprint density at radius 1 is 1.13 bits per heavy atom. The van der Waals surface area contributed by atoms with Crippen LogP contribution in [0.2, 0.25) is 0 Å². The number of carbonyl (C=O) groups is 1. The zero-order chi connectivity index (χ0) is 27.2. The molecule has 7 nitrogen and oxygen atoms in total. The first-order valence-electron chi connectivity index (χ1n) is 12.3. The standard InChI is InChI=1S/C30H31FN4O3/c1-6-21-7-8-22(23-9-11-28(37-4)32-15-23)13-26(21)18-35(20(3)36)17-25-14-27(31)30(34-19(25)2)24-10-12-29(38-5)33-16-24/h6-7,9-16,22H,1,8,17-18H2,2-5H3. The van der Waals surface area contributed by atoms with Crippen molar-refractivity contribution in [3.05, 3.63) is 101 Å². The number of amides is 1. The van der Waals surface area contributed by atoms with E-state index in [2.05, 4.69) is 33.7 Å². The minimum absolute atomic E-state index is 0.110. The minimum atomic E-state index is -0.475. The van der Waals surface area contributed by atoms with Crippen LogP contribution in [0.3, 0.4) is 0 Å². The number of nitrogens with zero attached hydrogens (tertiary/aromatic N) is 4. The summed E-state index contributed by atoms with van der Waals surface area (Å²) >= 11 is 0. The zero-order valence-electron chi connectivity index (χ0n) is 22.1. The molecule has 0 fully saturated rings. The molecule has 0 radical (unpaired) electrons.